The standard InChI is InChI=1S/C13H26N2OS.ClH/c1-3-9-15(12-5-7-14-8-6-12)13(16)11-17-10-4-2;/h12,14H,3-11H2,1-2H3;1H. The van der Waals surface area contributed by atoms with Gasteiger partial charge in [-0.25, -0.2) is 0 Å². The van der Waals surface area contributed by atoms with Gasteiger partial charge in [0.15, 0.2) is 0 Å². The zero-order chi connectivity index (χ0) is 12.5. The van der Waals surface area contributed by atoms with E-state index in [1.165, 1.54) is 0 Å². The van der Waals surface area contributed by atoms with Crippen molar-refractivity contribution in [2.24, 2.45) is 0 Å². The number of halogens is 1. The third-order valence-electron chi connectivity index (χ3n) is 3.11. The fourth-order valence-corrected chi connectivity index (χ4v) is 3.03. The maximum atomic E-state index is 12.2. The van der Waals surface area contributed by atoms with E-state index in [4.69, 9.17) is 0 Å². The SMILES string of the molecule is CCCSCC(=O)N(CCC)C1CCNCC1.Cl. The molecule has 1 aliphatic rings. The number of piperidine rings is 1. The lowest BCUT2D eigenvalue weighted by molar-refractivity contribution is -0.131. The van der Waals surface area contributed by atoms with Gasteiger partial charge in [-0.1, -0.05) is 13.8 Å². The highest BCUT2D eigenvalue weighted by atomic mass is 35.5. The lowest BCUT2D eigenvalue weighted by atomic mass is 10.0. The van der Waals surface area contributed by atoms with E-state index in [0.717, 1.165) is 51.1 Å². The smallest absolute Gasteiger partial charge is 0.232 e. The van der Waals surface area contributed by atoms with Crippen LogP contribution in [0.25, 0.3) is 0 Å². The first-order chi connectivity index (χ1) is 8.29. The topological polar surface area (TPSA) is 32.3 Å². The molecule has 5 heteroatoms. The monoisotopic (exact) mass is 294 g/mol. The zero-order valence-electron chi connectivity index (χ0n) is 11.6. The molecule has 1 N–H and O–H groups in total. The van der Waals surface area contributed by atoms with Crippen molar-refractivity contribution in [1.29, 1.82) is 0 Å². The molecule has 108 valence electrons. The first-order valence-corrected chi connectivity index (χ1v) is 8.03. The second-order valence-corrected chi connectivity index (χ2v) is 5.73. The predicted octanol–water partition coefficient (Wildman–Crippen LogP) is 2.54. The van der Waals surface area contributed by atoms with Gasteiger partial charge in [0.1, 0.15) is 0 Å². The van der Waals surface area contributed by atoms with Gasteiger partial charge < -0.3 is 10.2 Å². The Morgan fingerprint density at radius 3 is 2.50 bits per heavy atom. The van der Waals surface area contributed by atoms with Gasteiger partial charge >= 0.3 is 0 Å². The van der Waals surface area contributed by atoms with Gasteiger partial charge in [0.25, 0.3) is 0 Å². The van der Waals surface area contributed by atoms with Crippen LogP contribution in [0.2, 0.25) is 0 Å². The molecule has 0 bridgehead atoms. The van der Waals surface area contributed by atoms with Crippen molar-refractivity contribution in [3.05, 3.63) is 0 Å². The molecule has 1 heterocycles. The average Bonchev–Trinajstić information content (AvgIpc) is 2.37. The lowest BCUT2D eigenvalue weighted by Crippen LogP contribution is -2.47. The number of rotatable bonds is 7. The molecule has 0 aliphatic carbocycles. The molecule has 0 saturated carbocycles. The Labute approximate surface area is 122 Å². The number of carbonyl (C=O) groups excluding carboxylic acids is 1. The van der Waals surface area contributed by atoms with Crippen LogP contribution in [-0.4, -0.2) is 48.0 Å². The summed E-state index contributed by atoms with van der Waals surface area (Å²) in [6, 6.07) is 0.478. The molecule has 1 aliphatic heterocycles. The number of carbonyl (C=O) groups is 1. The molecule has 18 heavy (non-hydrogen) atoms. The Bertz CT molecular complexity index is 223. The summed E-state index contributed by atoms with van der Waals surface area (Å²) >= 11 is 1.77. The number of amides is 1. The Hall–Kier alpha value is 0.0700. The Morgan fingerprint density at radius 2 is 1.94 bits per heavy atom. The second kappa shape index (κ2) is 10.9. The first kappa shape index (κ1) is 18.1. The Kier molecular flexibility index (Phi) is 11.0. The van der Waals surface area contributed by atoms with Gasteiger partial charge in [0.2, 0.25) is 5.91 Å². The van der Waals surface area contributed by atoms with Crippen molar-refractivity contribution in [1.82, 2.24) is 10.2 Å². The van der Waals surface area contributed by atoms with Crippen molar-refractivity contribution in [3.63, 3.8) is 0 Å². The van der Waals surface area contributed by atoms with Crippen molar-refractivity contribution in [2.45, 2.75) is 45.6 Å². The van der Waals surface area contributed by atoms with Crippen LogP contribution in [0.4, 0.5) is 0 Å². The largest absolute Gasteiger partial charge is 0.339 e. The number of thioether (sulfide) groups is 1. The Balaban J connectivity index is 0.00000289. The van der Waals surface area contributed by atoms with Crippen LogP contribution < -0.4 is 5.32 Å². The second-order valence-electron chi connectivity index (χ2n) is 4.62. The van der Waals surface area contributed by atoms with Crippen LogP contribution >= 0.6 is 24.2 Å². The van der Waals surface area contributed by atoms with Crippen molar-refractivity contribution in [2.75, 3.05) is 31.1 Å². The molecule has 0 aromatic rings. The summed E-state index contributed by atoms with van der Waals surface area (Å²) < 4.78 is 0. The summed E-state index contributed by atoms with van der Waals surface area (Å²) in [4.78, 5) is 14.3. The summed E-state index contributed by atoms with van der Waals surface area (Å²) in [5.74, 6) is 2.10. The molecule has 0 atom stereocenters. The van der Waals surface area contributed by atoms with Gasteiger partial charge in [-0.3, -0.25) is 4.79 Å². The number of hydrogen-bond donors (Lipinski definition) is 1. The molecular formula is C13H27ClN2OS. The molecule has 0 aromatic carbocycles. The summed E-state index contributed by atoms with van der Waals surface area (Å²) in [5.41, 5.74) is 0. The van der Waals surface area contributed by atoms with Crippen molar-refractivity contribution >= 4 is 30.1 Å². The normalized spacial score (nSPS) is 16.1. The average molecular weight is 295 g/mol. The van der Waals surface area contributed by atoms with Crippen molar-refractivity contribution in [3.8, 4) is 0 Å². The highest BCUT2D eigenvalue weighted by Crippen LogP contribution is 2.15. The van der Waals surface area contributed by atoms with E-state index in [0.29, 0.717) is 17.7 Å². The zero-order valence-corrected chi connectivity index (χ0v) is 13.2. The summed E-state index contributed by atoms with van der Waals surface area (Å²) in [6.45, 7) is 7.35. The molecule has 0 radical (unpaired) electrons. The summed E-state index contributed by atoms with van der Waals surface area (Å²) in [5, 5.41) is 3.36. The number of nitrogens with zero attached hydrogens (tertiary/aromatic N) is 1. The molecule has 1 fully saturated rings. The highest BCUT2D eigenvalue weighted by Gasteiger charge is 2.24. The predicted molar refractivity (Wildman–Crippen MR) is 82.8 cm³/mol. The molecule has 1 rings (SSSR count). The van der Waals surface area contributed by atoms with E-state index in [1.807, 2.05) is 0 Å². The van der Waals surface area contributed by atoms with E-state index in [1.54, 1.807) is 11.8 Å². The fourth-order valence-electron chi connectivity index (χ4n) is 2.26. The van der Waals surface area contributed by atoms with Gasteiger partial charge in [-0.15, -0.1) is 12.4 Å². The van der Waals surface area contributed by atoms with Gasteiger partial charge in [0.05, 0.1) is 5.75 Å². The first-order valence-electron chi connectivity index (χ1n) is 6.87. The van der Waals surface area contributed by atoms with Crippen molar-refractivity contribution < 1.29 is 4.79 Å². The fraction of sp³-hybridized carbons (Fsp3) is 0.923. The van der Waals surface area contributed by atoms with E-state index in [-0.39, 0.29) is 12.4 Å². The van der Waals surface area contributed by atoms with Crippen LogP contribution in [0.5, 0.6) is 0 Å². The maximum Gasteiger partial charge on any atom is 0.232 e. The number of hydrogen-bond acceptors (Lipinski definition) is 3. The molecule has 0 spiro atoms. The van der Waals surface area contributed by atoms with Gasteiger partial charge in [-0.2, -0.15) is 11.8 Å². The molecule has 1 amide bonds. The minimum absolute atomic E-state index is 0. The lowest BCUT2D eigenvalue weighted by Gasteiger charge is -2.34. The molecule has 1 saturated heterocycles. The molecular weight excluding hydrogens is 268 g/mol. The van der Waals surface area contributed by atoms with Gasteiger partial charge in [0, 0.05) is 12.6 Å². The summed E-state index contributed by atoms with van der Waals surface area (Å²) in [7, 11) is 0. The van der Waals surface area contributed by atoms with E-state index in [9.17, 15) is 4.79 Å². The minimum atomic E-state index is 0. The van der Waals surface area contributed by atoms with E-state index < -0.39 is 0 Å². The third-order valence-corrected chi connectivity index (χ3v) is 4.26. The maximum absolute atomic E-state index is 12.2. The van der Waals surface area contributed by atoms with Crippen LogP contribution in [0.1, 0.15) is 39.5 Å². The quantitative estimate of drug-likeness (QED) is 0.733. The van der Waals surface area contributed by atoms with Gasteiger partial charge in [-0.05, 0) is 44.5 Å². The van der Waals surface area contributed by atoms with Crippen LogP contribution in [0.3, 0.4) is 0 Å². The van der Waals surface area contributed by atoms with E-state index in [2.05, 4.69) is 24.1 Å². The Morgan fingerprint density at radius 1 is 1.28 bits per heavy atom. The molecule has 3 nitrogen and oxygen atoms in total. The number of nitrogens with one attached hydrogen (secondary N) is 1. The minimum Gasteiger partial charge on any atom is -0.339 e. The van der Waals surface area contributed by atoms with Crippen LogP contribution in [0, 0.1) is 0 Å². The van der Waals surface area contributed by atoms with E-state index >= 15 is 0 Å². The highest BCUT2D eigenvalue weighted by molar-refractivity contribution is 7.99. The third kappa shape index (κ3) is 6.30. The van der Waals surface area contributed by atoms with Crippen LogP contribution in [-0.2, 0) is 4.79 Å². The molecule has 0 unspecified atom stereocenters. The van der Waals surface area contributed by atoms with Crippen LogP contribution in [0.15, 0.2) is 0 Å². The summed E-state index contributed by atoms with van der Waals surface area (Å²) in [6.07, 6.45) is 4.45. The molecule has 0 aromatic heterocycles.